The zero-order valence-electron chi connectivity index (χ0n) is 8.59. The predicted octanol–water partition coefficient (Wildman–Crippen LogP) is 1.36. The number of nitro groups is 1. The quantitative estimate of drug-likeness (QED) is 0.379. The van der Waals surface area contributed by atoms with Gasteiger partial charge >= 0.3 is 6.03 Å². The van der Waals surface area contributed by atoms with E-state index in [4.69, 9.17) is 5.73 Å². The lowest BCUT2D eigenvalue weighted by molar-refractivity contribution is -0.384. The average Bonchev–Trinajstić information content (AvgIpc) is 2.30. The smallest absolute Gasteiger partial charge is 0.332 e. The number of nitrogens with two attached hydrogens (primary N) is 1. The molecule has 0 fully saturated rings. The molecule has 90 valence electrons. The van der Waals surface area contributed by atoms with Gasteiger partial charge in [-0.25, -0.2) is 10.2 Å². The van der Waals surface area contributed by atoms with E-state index in [1.807, 2.05) is 0 Å². The van der Waals surface area contributed by atoms with E-state index in [-0.39, 0.29) is 5.69 Å². The minimum Gasteiger partial charge on any atom is -0.350 e. The summed E-state index contributed by atoms with van der Waals surface area (Å²) in [6.07, 6.45) is 0. The fraction of sp³-hybridized carbons (Fsp3) is 0.111. The highest BCUT2D eigenvalue weighted by Crippen LogP contribution is 2.13. The maximum Gasteiger partial charge on any atom is 0.332 e. The lowest BCUT2D eigenvalue weighted by atomic mass is 10.1. The number of primary amides is 1. The monoisotopic (exact) mass is 300 g/mol. The molecule has 0 heterocycles. The SMILES string of the molecule is NC(=O)N/N=C(\CBr)c1ccc([N+](=O)[O-])cc1. The largest absolute Gasteiger partial charge is 0.350 e. The number of nitrogens with one attached hydrogen (secondary N) is 1. The average molecular weight is 301 g/mol. The number of non-ortho nitro benzene ring substituents is 1. The van der Waals surface area contributed by atoms with Crippen LogP contribution in [0.25, 0.3) is 0 Å². The molecule has 17 heavy (non-hydrogen) atoms. The summed E-state index contributed by atoms with van der Waals surface area (Å²) in [7, 11) is 0. The molecule has 0 saturated heterocycles. The number of hydrazone groups is 1. The van der Waals surface area contributed by atoms with Crippen molar-refractivity contribution < 1.29 is 9.72 Å². The molecule has 0 radical (unpaired) electrons. The minimum absolute atomic E-state index is 0.00877. The van der Waals surface area contributed by atoms with Gasteiger partial charge in [-0.15, -0.1) is 0 Å². The molecule has 0 bridgehead atoms. The predicted molar refractivity (Wildman–Crippen MR) is 66.1 cm³/mol. The first-order valence-electron chi connectivity index (χ1n) is 4.47. The Morgan fingerprint density at radius 1 is 1.47 bits per heavy atom. The summed E-state index contributed by atoms with van der Waals surface area (Å²) < 4.78 is 0. The number of alkyl halides is 1. The lowest BCUT2D eigenvalue weighted by Crippen LogP contribution is -2.26. The molecule has 0 atom stereocenters. The Hall–Kier alpha value is -1.96. The fourth-order valence-electron chi connectivity index (χ4n) is 1.07. The van der Waals surface area contributed by atoms with E-state index in [9.17, 15) is 14.9 Å². The van der Waals surface area contributed by atoms with Crippen LogP contribution in [0.3, 0.4) is 0 Å². The normalized spacial score (nSPS) is 11.0. The van der Waals surface area contributed by atoms with Crippen molar-refractivity contribution in [2.45, 2.75) is 0 Å². The van der Waals surface area contributed by atoms with Gasteiger partial charge in [0.1, 0.15) is 0 Å². The standard InChI is InChI=1S/C9H9BrN4O3/c10-5-8(12-13-9(11)15)6-1-3-7(4-2-6)14(16)17/h1-4H,5H2,(H3,11,13,15)/b12-8+. The second-order valence-corrected chi connectivity index (χ2v) is 3.53. The molecular weight excluding hydrogens is 292 g/mol. The maximum atomic E-state index is 10.5. The molecule has 0 saturated carbocycles. The van der Waals surface area contributed by atoms with Gasteiger partial charge in [-0.1, -0.05) is 15.9 Å². The summed E-state index contributed by atoms with van der Waals surface area (Å²) in [5.74, 6) is 0. The van der Waals surface area contributed by atoms with Gasteiger partial charge in [-0.05, 0) is 17.7 Å². The van der Waals surface area contributed by atoms with Crippen molar-refractivity contribution >= 4 is 33.4 Å². The zero-order chi connectivity index (χ0) is 12.8. The molecule has 0 aliphatic carbocycles. The molecule has 1 rings (SSSR count). The van der Waals surface area contributed by atoms with Crippen molar-refractivity contribution in [2.24, 2.45) is 10.8 Å². The number of carbonyl (C=O) groups excluding carboxylic acids is 1. The number of benzene rings is 1. The number of nitro benzene ring substituents is 1. The van der Waals surface area contributed by atoms with Crippen molar-refractivity contribution in [2.75, 3.05) is 5.33 Å². The molecule has 0 unspecified atom stereocenters. The number of rotatable bonds is 4. The summed E-state index contributed by atoms with van der Waals surface area (Å²) >= 11 is 3.19. The number of hydrogen-bond donors (Lipinski definition) is 2. The van der Waals surface area contributed by atoms with E-state index in [0.29, 0.717) is 16.6 Å². The van der Waals surface area contributed by atoms with Crippen LogP contribution in [0, 0.1) is 10.1 Å². The van der Waals surface area contributed by atoms with Crippen LogP contribution in [-0.4, -0.2) is 22.0 Å². The van der Waals surface area contributed by atoms with Gasteiger partial charge in [-0.3, -0.25) is 10.1 Å². The Bertz CT molecular complexity index is 458. The molecule has 0 aromatic heterocycles. The maximum absolute atomic E-state index is 10.5. The molecule has 1 aromatic rings. The van der Waals surface area contributed by atoms with Crippen molar-refractivity contribution in [1.29, 1.82) is 0 Å². The first kappa shape index (κ1) is 13.1. The lowest BCUT2D eigenvalue weighted by Gasteiger charge is -2.02. The van der Waals surface area contributed by atoms with Crippen LogP contribution in [-0.2, 0) is 0 Å². The van der Waals surface area contributed by atoms with E-state index in [1.165, 1.54) is 12.1 Å². The van der Waals surface area contributed by atoms with E-state index in [1.54, 1.807) is 12.1 Å². The van der Waals surface area contributed by atoms with Gasteiger partial charge in [0, 0.05) is 17.5 Å². The summed E-state index contributed by atoms with van der Waals surface area (Å²) in [5, 5.41) is 14.6. The summed E-state index contributed by atoms with van der Waals surface area (Å²) in [6, 6.07) is 5.03. The first-order chi connectivity index (χ1) is 8.04. The fourth-order valence-corrected chi connectivity index (χ4v) is 1.52. The Labute approximate surface area is 105 Å². The Morgan fingerprint density at radius 2 is 2.06 bits per heavy atom. The van der Waals surface area contributed by atoms with Gasteiger partial charge in [0.2, 0.25) is 0 Å². The Kier molecular flexibility index (Phi) is 4.58. The minimum atomic E-state index is -0.773. The van der Waals surface area contributed by atoms with Gasteiger partial charge in [0.05, 0.1) is 10.6 Å². The molecular formula is C9H9BrN4O3. The molecule has 8 heteroatoms. The van der Waals surface area contributed by atoms with Gasteiger partial charge in [0.15, 0.2) is 0 Å². The van der Waals surface area contributed by atoms with Crippen LogP contribution in [0.4, 0.5) is 10.5 Å². The van der Waals surface area contributed by atoms with Gasteiger partial charge in [-0.2, -0.15) is 5.10 Å². The second kappa shape index (κ2) is 5.94. The third kappa shape index (κ3) is 3.83. The third-order valence-electron chi connectivity index (χ3n) is 1.84. The van der Waals surface area contributed by atoms with E-state index >= 15 is 0 Å². The first-order valence-corrected chi connectivity index (χ1v) is 5.59. The van der Waals surface area contributed by atoms with Crippen molar-refractivity contribution in [1.82, 2.24) is 5.43 Å². The number of carbonyl (C=O) groups is 1. The highest BCUT2D eigenvalue weighted by atomic mass is 79.9. The number of amides is 2. The van der Waals surface area contributed by atoms with Crippen molar-refractivity contribution in [3.05, 3.63) is 39.9 Å². The number of halogens is 1. The van der Waals surface area contributed by atoms with E-state index < -0.39 is 11.0 Å². The van der Waals surface area contributed by atoms with Crippen LogP contribution in [0.2, 0.25) is 0 Å². The van der Waals surface area contributed by atoms with Crippen LogP contribution in [0.5, 0.6) is 0 Å². The third-order valence-corrected chi connectivity index (χ3v) is 2.37. The summed E-state index contributed by atoms with van der Waals surface area (Å²) in [6.45, 7) is 0. The van der Waals surface area contributed by atoms with Crippen LogP contribution < -0.4 is 11.2 Å². The molecule has 3 N–H and O–H groups in total. The summed E-state index contributed by atoms with van der Waals surface area (Å²) in [5.41, 5.74) is 8.13. The van der Waals surface area contributed by atoms with Crippen LogP contribution in [0.1, 0.15) is 5.56 Å². The van der Waals surface area contributed by atoms with Gasteiger partial charge in [0.25, 0.3) is 5.69 Å². The number of urea groups is 1. The number of nitrogens with zero attached hydrogens (tertiary/aromatic N) is 2. The molecule has 0 aliphatic rings. The highest BCUT2D eigenvalue weighted by Gasteiger charge is 2.07. The van der Waals surface area contributed by atoms with Crippen molar-refractivity contribution in [3.63, 3.8) is 0 Å². The van der Waals surface area contributed by atoms with Crippen LogP contribution in [0.15, 0.2) is 29.4 Å². The Balaban J connectivity index is 2.93. The van der Waals surface area contributed by atoms with Crippen LogP contribution >= 0.6 is 15.9 Å². The molecule has 7 nitrogen and oxygen atoms in total. The zero-order valence-corrected chi connectivity index (χ0v) is 10.2. The van der Waals surface area contributed by atoms with E-state index in [0.717, 1.165) is 0 Å². The molecule has 2 amide bonds. The van der Waals surface area contributed by atoms with E-state index in [2.05, 4.69) is 26.5 Å². The topological polar surface area (TPSA) is 111 Å². The number of hydrogen-bond acceptors (Lipinski definition) is 4. The second-order valence-electron chi connectivity index (χ2n) is 2.97. The van der Waals surface area contributed by atoms with Gasteiger partial charge < -0.3 is 5.73 Å². The molecule has 0 aliphatic heterocycles. The van der Waals surface area contributed by atoms with Crippen molar-refractivity contribution in [3.8, 4) is 0 Å². The summed E-state index contributed by atoms with van der Waals surface area (Å²) in [4.78, 5) is 20.5. The molecule has 1 aromatic carbocycles. The molecule has 0 spiro atoms. The highest BCUT2D eigenvalue weighted by molar-refractivity contribution is 9.09. The Morgan fingerprint density at radius 3 is 2.47 bits per heavy atom.